The highest BCUT2D eigenvalue weighted by atomic mass is 19.1. The quantitative estimate of drug-likeness (QED) is 0.537. The number of benzene rings is 1. The molecule has 5 nitrogen and oxygen atoms in total. The highest BCUT2D eigenvalue weighted by Crippen LogP contribution is 2.11. The maximum absolute atomic E-state index is 13.2. The van der Waals surface area contributed by atoms with Crippen LogP contribution in [0.3, 0.4) is 0 Å². The number of rotatable bonds is 7. The Labute approximate surface area is 141 Å². The maximum Gasteiger partial charge on any atom is 0.191 e. The molecule has 1 aromatic carbocycles. The van der Waals surface area contributed by atoms with Crippen LogP contribution in [0.15, 0.2) is 53.8 Å². The molecule has 24 heavy (non-hydrogen) atoms. The predicted octanol–water partition coefficient (Wildman–Crippen LogP) is 2.05. The number of nitrogens with zero attached hydrogens (tertiary/aromatic N) is 2. The standard InChI is InChI=1S/C18H23FN4O/c1-2-21-18(22-11-6-14-4-3-5-16(19)12-14)23-13-17(24)15-7-9-20-10-8-15/h3-5,7-10,12,17,24H,2,6,11,13H2,1H3,(H2,21,22,23). The van der Waals surface area contributed by atoms with Crippen LogP contribution >= 0.6 is 0 Å². The molecule has 1 aromatic heterocycles. The van der Waals surface area contributed by atoms with E-state index in [0.29, 0.717) is 18.9 Å². The fourth-order valence-corrected chi connectivity index (χ4v) is 2.23. The molecule has 0 saturated carbocycles. The van der Waals surface area contributed by atoms with Crippen LogP contribution in [0.25, 0.3) is 0 Å². The van der Waals surface area contributed by atoms with Gasteiger partial charge in [-0.3, -0.25) is 9.98 Å². The lowest BCUT2D eigenvalue weighted by molar-refractivity contribution is 0.187. The van der Waals surface area contributed by atoms with Crippen molar-refractivity contribution in [3.63, 3.8) is 0 Å². The monoisotopic (exact) mass is 330 g/mol. The SMILES string of the molecule is CCNC(=NCC(O)c1ccncc1)NCCc1cccc(F)c1. The van der Waals surface area contributed by atoms with Crippen LogP contribution in [-0.2, 0) is 6.42 Å². The molecule has 0 amide bonds. The third-order valence-corrected chi connectivity index (χ3v) is 3.45. The molecule has 1 unspecified atom stereocenters. The number of pyridine rings is 1. The molecule has 0 aliphatic heterocycles. The average molecular weight is 330 g/mol. The first-order chi connectivity index (χ1) is 11.7. The Balaban J connectivity index is 1.86. The molecule has 1 atom stereocenters. The maximum atomic E-state index is 13.2. The summed E-state index contributed by atoms with van der Waals surface area (Å²) in [6.07, 6.45) is 3.30. The lowest BCUT2D eigenvalue weighted by Crippen LogP contribution is -2.38. The number of halogens is 1. The fraction of sp³-hybridized carbons (Fsp3) is 0.333. The molecule has 2 aromatic rings. The van der Waals surface area contributed by atoms with Crippen molar-refractivity contribution in [2.24, 2.45) is 4.99 Å². The Morgan fingerprint density at radius 2 is 2.04 bits per heavy atom. The van der Waals surface area contributed by atoms with E-state index < -0.39 is 6.10 Å². The number of hydrogen-bond acceptors (Lipinski definition) is 3. The Morgan fingerprint density at radius 3 is 2.75 bits per heavy atom. The number of aliphatic imine (C=N–C) groups is 1. The van der Waals surface area contributed by atoms with Crippen molar-refractivity contribution in [2.75, 3.05) is 19.6 Å². The molecule has 0 bridgehead atoms. The van der Waals surface area contributed by atoms with E-state index in [2.05, 4.69) is 20.6 Å². The van der Waals surface area contributed by atoms with Crippen LogP contribution in [0.2, 0.25) is 0 Å². The van der Waals surface area contributed by atoms with Crippen molar-refractivity contribution in [1.82, 2.24) is 15.6 Å². The average Bonchev–Trinajstić information content (AvgIpc) is 2.60. The van der Waals surface area contributed by atoms with Gasteiger partial charge in [-0.05, 0) is 48.7 Å². The van der Waals surface area contributed by atoms with Crippen LogP contribution in [0, 0.1) is 5.82 Å². The highest BCUT2D eigenvalue weighted by molar-refractivity contribution is 5.79. The lowest BCUT2D eigenvalue weighted by atomic mass is 10.1. The van der Waals surface area contributed by atoms with Crippen LogP contribution in [-0.4, -0.2) is 35.7 Å². The van der Waals surface area contributed by atoms with Crippen molar-refractivity contribution in [3.8, 4) is 0 Å². The van der Waals surface area contributed by atoms with Gasteiger partial charge in [-0.15, -0.1) is 0 Å². The van der Waals surface area contributed by atoms with Gasteiger partial charge in [0.05, 0.1) is 12.6 Å². The zero-order valence-electron chi connectivity index (χ0n) is 13.7. The zero-order chi connectivity index (χ0) is 17.2. The fourth-order valence-electron chi connectivity index (χ4n) is 2.23. The molecule has 6 heteroatoms. The number of guanidine groups is 1. The molecule has 128 valence electrons. The van der Waals surface area contributed by atoms with Gasteiger partial charge >= 0.3 is 0 Å². The third kappa shape index (κ3) is 5.96. The summed E-state index contributed by atoms with van der Waals surface area (Å²) in [5.41, 5.74) is 1.71. The summed E-state index contributed by atoms with van der Waals surface area (Å²) in [4.78, 5) is 8.32. The molecule has 0 aliphatic rings. The van der Waals surface area contributed by atoms with Crippen LogP contribution < -0.4 is 10.6 Å². The van der Waals surface area contributed by atoms with E-state index in [-0.39, 0.29) is 12.4 Å². The minimum Gasteiger partial charge on any atom is -0.386 e. The van der Waals surface area contributed by atoms with E-state index in [1.54, 1.807) is 30.6 Å². The Hall–Kier alpha value is -2.47. The van der Waals surface area contributed by atoms with Gasteiger partial charge < -0.3 is 15.7 Å². The Kier molecular flexibility index (Phi) is 7.17. The van der Waals surface area contributed by atoms with Crippen molar-refractivity contribution in [2.45, 2.75) is 19.4 Å². The first kappa shape index (κ1) is 17.9. The molecule has 0 aliphatic carbocycles. The first-order valence-electron chi connectivity index (χ1n) is 8.03. The molecule has 0 radical (unpaired) electrons. The molecule has 1 heterocycles. The van der Waals surface area contributed by atoms with Gasteiger partial charge in [0.1, 0.15) is 5.82 Å². The van der Waals surface area contributed by atoms with E-state index >= 15 is 0 Å². The zero-order valence-corrected chi connectivity index (χ0v) is 13.7. The number of aromatic nitrogens is 1. The van der Waals surface area contributed by atoms with Gasteiger partial charge in [0.2, 0.25) is 0 Å². The summed E-state index contributed by atoms with van der Waals surface area (Å²) in [7, 11) is 0. The van der Waals surface area contributed by atoms with E-state index in [4.69, 9.17) is 0 Å². The number of aliphatic hydroxyl groups excluding tert-OH is 1. The highest BCUT2D eigenvalue weighted by Gasteiger charge is 2.07. The third-order valence-electron chi connectivity index (χ3n) is 3.45. The Bertz CT molecular complexity index is 648. The van der Waals surface area contributed by atoms with Crippen LogP contribution in [0.5, 0.6) is 0 Å². The number of hydrogen-bond donors (Lipinski definition) is 3. The molecule has 2 rings (SSSR count). The van der Waals surface area contributed by atoms with Gasteiger partial charge in [-0.25, -0.2) is 4.39 Å². The second-order valence-electron chi connectivity index (χ2n) is 5.32. The molecule has 0 fully saturated rings. The predicted molar refractivity (Wildman–Crippen MR) is 93.3 cm³/mol. The summed E-state index contributed by atoms with van der Waals surface area (Å²) in [5, 5.41) is 16.5. The minimum absolute atomic E-state index is 0.228. The van der Waals surface area contributed by atoms with E-state index in [0.717, 1.165) is 17.7 Å². The van der Waals surface area contributed by atoms with E-state index in [1.807, 2.05) is 13.0 Å². The second kappa shape index (κ2) is 9.62. The topological polar surface area (TPSA) is 69.5 Å². The van der Waals surface area contributed by atoms with E-state index in [1.165, 1.54) is 12.1 Å². The van der Waals surface area contributed by atoms with Gasteiger partial charge in [-0.2, -0.15) is 0 Å². The minimum atomic E-state index is -0.674. The normalized spacial score (nSPS) is 12.7. The number of aliphatic hydroxyl groups is 1. The van der Waals surface area contributed by atoms with Crippen molar-refractivity contribution >= 4 is 5.96 Å². The number of nitrogens with one attached hydrogen (secondary N) is 2. The summed E-state index contributed by atoms with van der Waals surface area (Å²) in [5.74, 6) is 0.399. The van der Waals surface area contributed by atoms with Gasteiger partial charge in [0.25, 0.3) is 0 Å². The Morgan fingerprint density at radius 1 is 1.25 bits per heavy atom. The molecular weight excluding hydrogens is 307 g/mol. The molecule has 0 saturated heterocycles. The van der Waals surface area contributed by atoms with Crippen LogP contribution in [0.1, 0.15) is 24.2 Å². The van der Waals surface area contributed by atoms with E-state index in [9.17, 15) is 9.50 Å². The second-order valence-corrected chi connectivity index (χ2v) is 5.32. The molecule has 3 N–H and O–H groups in total. The largest absolute Gasteiger partial charge is 0.386 e. The summed E-state index contributed by atoms with van der Waals surface area (Å²) in [6.45, 7) is 3.57. The van der Waals surface area contributed by atoms with Crippen molar-refractivity contribution in [1.29, 1.82) is 0 Å². The van der Waals surface area contributed by atoms with Gasteiger partial charge in [-0.1, -0.05) is 12.1 Å². The van der Waals surface area contributed by atoms with Gasteiger partial charge in [0, 0.05) is 25.5 Å². The van der Waals surface area contributed by atoms with Crippen molar-refractivity contribution in [3.05, 3.63) is 65.7 Å². The molecular formula is C18H23FN4O. The summed E-state index contributed by atoms with van der Waals surface area (Å²) < 4.78 is 13.2. The van der Waals surface area contributed by atoms with Crippen molar-refractivity contribution < 1.29 is 9.50 Å². The first-order valence-corrected chi connectivity index (χ1v) is 8.03. The summed E-state index contributed by atoms with van der Waals surface area (Å²) in [6, 6.07) is 10.1. The smallest absolute Gasteiger partial charge is 0.191 e. The lowest BCUT2D eigenvalue weighted by Gasteiger charge is -2.13. The van der Waals surface area contributed by atoms with Crippen LogP contribution in [0.4, 0.5) is 4.39 Å². The summed E-state index contributed by atoms with van der Waals surface area (Å²) >= 11 is 0. The van der Waals surface area contributed by atoms with Gasteiger partial charge in [0.15, 0.2) is 5.96 Å². The molecule has 0 spiro atoms.